The standard InChI is InChI=1S/C11H15NO7S2.2Na/c1-11(2,3)12(13)7-8-9(20(14,15)16)5-4-6-10(8)21(17,18)19;;/h4-7H,1-3H3,(H,14,15,16)(H,17,18,19);;/q;2*+1/p-2. The average molecular weight is 381 g/mol. The molecule has 118 valence electrons. The van der Waals surface area contributed by atoms with Crippen LogP contribution in [0.15, 0.2) is 28.0 Å². The van der Waals surface area contributed by atoms with E-state index in [0.29, 0.717) is 6.21 Å². The smallest absolute Gasteiger partial charge is 0.744 e. The second-order valence-electron chi connectivity index (χ2n) is 5.20. The van der Waals surface area contributed by atoms with Crippen molar-refractivity contribution in [2.75, 3.05) is 0 Å². The first-order valence-electron chi connectivity index (χ1n) is 5.61. The Balaban J connectivity index is 0. The van der Waals surface area contributed by atoms with Crippen LogP contribution in [-0.4, -0.2) is 42.4 Å². The fourth-order valence-electron chi connectivity index (χ4n) is 1.40. The first kappa shape index (κ1) is 25.7. The molecule has 1 aromatic carbocycles. The molecule has 12 heteroatoms. The van der Waals surface area contributed by atoms with E-state index in [2.05, 4.69) is 0 Å². The van der Waals surface area contributed by atoms with Crippen LogP contribution >= 0.6 is 0 Å². The summed E-state index contributed by atoms with van der Waals surface area (Å²) >= 11 is 0. The van der Waals surface area contributed by atoms with Crippen LogP contribution in [-0.2, 0) is 20.2 Å². The van der Waals surface area contributed by atoms with Crippen molar-refractivity contribution >= 4 is 26.5 Å². The molecule has 0 aliphatic heterocycles. The van der Waals surface area contributed by atoms with Crippen molar-refractivity contribution in [3.05, 3.63) is 29.0 Å². The molecule has 0 spiro atoms. The third kappa shape index (κ3) is 7.10. The van der Waals surface area contributed by atoms with E-state index in [9.17, 15) is 31.1 Å². The largest absolute Gasteiger partial charge is 1.00 e. The van der Waals surface area contributed by atoms with E-state index in [1.807, 2.05) is 0 Å². The summed E-state index contributed by atoms with van der Waals surface area (Å²) in [6.45, 7) is 4.45. The minimum absolute atomic E-state index is 0. The van der Waals surface area contributed by atoms with Gasteiger partial charge in [-0.15, -0.1) is 0 Å². The fourth-order valence-corrected chi connectivity index (χ4v) is 2.82. The fraction of sp³-hybridized carbons (Fsp3) is 0.364. The van der Waals surface area contributed by atoms with Gasteiger partial charge in [0.1, 0.15) is 20.2 Å². The van der Waals surface area contributed by atoms with Gasteiger partial charge in [0.05, 0.1) is 15.4 Å². The van der Waals surface area contributed by atoms with E-state index >= 15 is 0 Å². The topological polar surface area (TPSA) is 140 Å². The van der Waals surface area contributed by atoms with E-state index < -0.39 is 41.1 Å². The van der Waals surface area contributed by atoms with Crippen molar-refractivity contribution in [1.29, 1.82) is 0 Å². The van der Waals surface area contributed by atoms with Crippen LogP contribution in [0, 0.1) is 5.21 Å². The minimum atomic E-state index is -5.06. The van der Waals surface area contributed by atoms with E-state index in [1.165, 1.54) is 20.8 Å². The summed E-state index contributed by atoms with van der Waals surface area (Å²) in [7, 11) is -10.1. The van der Waals surface area contributed by atoms with Gasteiger partial charge in [-0.25, -0.2) is 21.6 Å². The summed E-state index contributed by atoms with van der Waals surface area (Å²) in [5, 5.41) is 11.9. The summed E-state index contributed by atoms with van der Waals surface area (Å²) in [6.07, 6.45) is 0.621. The molecule has 0 unspecified atom stereocenters. The second-order valence-corrected chi connectivity index (χ2v) is 7.90. The van der Waals surface area contributed by atoms with E-state index in [1.54, 1.807) is 0 Å². The molecule has 1 aromatic rings. The monoisotopic (exact) mass is 381 g/mol. The Morgan fingerprint density at radius 3 is 1.57 bits per heavy atom. The molecule has 23 heavy (non-hydrogen) atoms. The van der Waals surface area contributed by atoms with Crippen LogP contribution in [0.2, 0.25) is 0 Å². The van der Waals surface area contributed by atoms with Gasteiger partial charge in [0.25, 0.3) is 0 Å². The predicted molar refractivity (Wildman–Crippen MR) is 70.9 cm³/mol. The molecule has 0 heterocycles. The molecule has 0 fully saturated rings. The Morgan fingerprint density at radius 1 is 0.957 bits per heavy atom. The summed E-state index contributed by atoms with van der Waals surface area (Å²) < 4.78 is 67.3. The molecule has 0 saturated carbocycles. The Bertz CT molecular complexity index is 746. The molecule has 0 atom stereocenters. The molecule has 0 aliphatic rings. The Morgan fingerprint density at radius 2 is 1.30 bits per heavy atom. The molecule has 0 saturated heterocycles. The summed E-state index contributed by atoms with van der Waals surface area (Å²) in [5.41, 5.74) is -1.75. The third-order valence-corrected chi connectivity index (χ3v) is 4.26. The Hall–Kier alpha value is 0.510. The minimum Gasteiger partial charge on any atom is -0.744 e. The molecular formula is C11H13NNa2O7S2. The molecule has 0 N–H and O–H groups in total. The van der Waals surface area contributed by atoms with Crippen molar-refractivity contribution in [2.45, 2.75) is 36.1 Å². The van der Waals surface area contributed by atoms with Crippen molar-refractivity contribution in [1.82, 2.24) is 0 Å². The molecule has 0 aromatic heterocycles. The second kappa shape index (κ2) is 8.75. The van der Waals surface area contributed by atoms with Crippen LogP contribution in [0.3, 0.4) is 0 Å². The van der Waals surface area contributed by atoms with Crippen molar-refractivity contribution in [3.63, 3.8) is 0 Å². The van der Waals surface area contributed by atoms with Gasteiger partial charge in [-0.05, 0) is 12.1 Å². The Labute approximate surface area is 179 Å². The van der Waals surface area contributed by atoms with Crippen LogP contribution < -0.4 is 59.1 Å². The molecule has 1 rings (SSSR count). The third-order valence-electron chi connectivity index (χ3n) is 2.47. The van der Waals surface area contributed by atoms with Gasteiger partial charge in [-0.3, -0.25) is 0 Å². The number of hydrogen-bond acceptors (Lipinski definition) is 7. The van der Waals surface area contributed by atoms with E-state index in [-0.39, 0.29) is 63.9 Å². The molecule has 0 radical (unpaired) electrons. The van der Waals surface area contributed by atoms with E-state index in [4.69, 9.17) is 0 Å². The zero-order chi connectivity index (χ0) is 16.6. The first-order chi connectivity index (χ1) is 9.24. The van der Waals surface area contributed by atoms with Gasteiger partial charge < -0.3 is 14.3 Å². The van der Waals surface area contributed by atoms with Crippen LogP contribution in [0.4, 0.5) is 0 Å². The van der Waals surface area contributed by atoms with Gasteiger partial charge >= 0.3 is 59.1 Å². The van der Waals surface area contributed by atoms with Gasteiger partial charge in [-0.1, -0.05) is 6.07 Å². The van der Waals surface area contributed by atoms with Crippen molar-refractivity contribution < 1.29 is 89.8 Å². The van der Waals surface area contributed by atoms with Gasteiger partial charge in [0, 0.05) is 20.8 Å². The van der Waals surface area contributed by atoms with Crippen molar-refractivity contribution in [3.8, 4) is 0 Å². The normalized spacial score (nSPS) is 13.0. The molecule has 0 amide bonds. The van der Waals surface area contributed by atoms with Crippen LogP contribution in [0.5, 0.6) is 0 Å². The number of hydroxylamine groups is 1. The van der Waals surface area contributed by atoms with Gasteiger partial charge in [0.15, 0.2) is 11.8 Å². The summed E-state index contributed by atoms with van der Waals surface area (Å²) in [5.74, 6) is 0. The van der Waals surface area contributed by atoms with Crippen LogP contribution in [0.25, 0.3) is 0 Å². The predicted octanol–water partition coefficient (Wildman–Crippen LogP) is -5.77. The number of benzene rings is 1. The van der Waals surface area contributed by atoms with E-state index in [0.717, 1.165) is 18.2 Å². The van der Waals surface area contributed by atoms with Gasteiger partial charge in [-0.2, -0.15) is 0 Å². The maximum atomic E-state index is 11.9. The molecular weight excluding hydrogens is 368 g/mol. The SMILES string of the molecule is CC(C)(C)[N+]([O-])=Cc1c(S(=O)(=O)[O-])cccc1S(=O)(=O)[O-].[Na+].[Na+]. The molecule has 0 bridgehead atoms. The quantitative estimate of drug-likeness (QED) is 0.127. The van der Waals surface area contributed by atoms with Crippen molar-refractivity contribution in [2.24, 2.45) is 0 Å². The van der Waals surface area contributed by atoms with Gasteiger partial charge in [0.2, 0.25) is 0 Å². The number of nitrogens with zero attached hydrogens (tertiary/aromatic N) is 1. The maximum absolute atomic E-state index is 11.9. The van der Waals surface area contributed by atoms with Crippen LogP contribution in [0.1, 0.15) is 26.3 Å². The molecule has 8 nitrogen and oxygen atoms in total. The summed E-state index contributed by atoms with van der Waals surface area (Å²) in [4.78, 5) is -1.88. The molecule has 0 aliphatic carbocycles. The Kier molecular flexibility index (Phi) is 9.79. The number of rotatable bonds is 3. The number of hydrogen-bond donors (Lipinski definition) is 0. The maximum Gasteiger partial charge on any atom is 1.00 e. The zero-order valence-corrected chi connectivity index (χ0v) is 19.1. The first-order valence-corrected chi connectivity index (χ1v) is 8.42. The average Bonchev–Trinajstić information content (AvgIpc) is 2.24. The summed E-state index contributed by atoms with van der Waals surface area (Å²) in [6, 6.07) is 2.61. The zero-order valence-electron chi connectivity index (χ0n) is 13.4.